The molecule has 134 valence electrons. The minimum Gasteiger partial charge on any atom is -0.357 e. The van der Waals surface area contributed by atoms with E-state index in [1.165, 1.54) is 18.5 Å². The Morgan fingerprint density at radius 2 is 2.12 bits per heavy atom. The van der Waals surface area contributed by atoms with Crippen molar-refractivity contribution in [3.8, 4) is 0 Å². The smallest absolute Gasteiger partial charge is 0.242 e. The van der Waals surface area contributed by atoms with Gasteiger partial charge in [-0.15, -0.1) is 24.0 Å². The molecular weight excluding hydrogens is 441 g/mol. The highest BCUT2D eigenvalue weighted by Gasteiger charge is 2.13. The van der Waals surface area contributed by atoms with Gasteiger partial charge < -0.3 is 10.6 Å². The topological polar surface area (TPSA) is 95.5 Å². The molecule has 1 aliphatic rings. The van der Waals surface area contributed by atoms with Crippen molar-refractivity contribution in [2.24, 2.45) is 4.99 Å². The van der Waals surface area contributed by atoms with Crippen LogP contribution in [0, 0.1) is 0 Å². The quantitative estimate of drug-likeness (QED) is 0.185. The number of nitrogens with zero attached hydrogens (tertiary/aromatic N) is 2. The van der Waals surface area contributed by atoms with Gasteiger partial charge in [0.25, 0.3) is 0 Å². The fourth-order valence-corrected chi connectivity index (χ4v) is 3.17. The molecule has 0 unspecified atom stereocenters. The van der Waals surface area contributed by atoms with Gasteiger partial charge in [0.2, 0.25) is 10.0 Å². The molecule has 1 aromatic heterocycles. The summed E-state index contributed by atoms with van der Waals surface area (Å²) in [5.74, 6) is 0.710. The third-order valence-electron chi connectivity index (χ3n) is 3.31. The molecule has 9 heteroatoms. The van der Waals surface area contributed by atoms with Crippen LogP contribution >= 0.6 is 24.0 Å². The van der Waals surface area contributed by atoms with Gasteiger partial charge in [-0.1, -0.05) is 12.2 Å². The first-order chi connectivity index (χ1) is 11.1. The lowest BCUT2D eigenvalue weighted by atomic mass is 10.2. The van der Waals surface area contributed by atoms with Crippen molar-refractivity contribution in [1.29, 1.82) is 0 Å². The number of aromatic nitrogens is 1. The summed E-state index contributed by atoms with van der Waals surface area (Å²) in [7, 11) is -3.53. The molecular formula is C15H24IN5O2S. The number of halogens is 1. The molecule has 0 saturated carbocycles. The Morgan fingerprint density at radius 3 is 2.75 bits per heavy atom. The van der Waals surface area contributed by atoms with Crippen LogP contribution in [-0.4, -0.2) is 45.0 Å². The zero-order valence-corrected chi connectivity index (χ0v) is 16.8. The van der Waals surface area contributed by atoms with Crippen molar-refractivity contribution < 1.29 is 8.42 Å². The van der Waals surface area contributed by atoms with Crippen LogP contribution in [0.3, 0.4) is 0 Å². The van der Waals surface area contributed by atoms with Gasteiger partial charge in [-0.05, 0) is 31.9 Å². The molecule has 1 heterocycles. The van der Waals surface area contributed by atoms with Gasteiger partial charge in [-0.3, -0.25) is 9.98 Å². The molecule has 2 rings (SSSR count). The maximum absolute atomic E-state index is 12.0. The Labute approximate surface area is 160 Å². The van der Waals surface area contributed by atoms with E-state index >= 15 is 0 Å². The van der Waals surface area contributed by atoms with Gasteiger partial charge in [0, 0.05) is 31.5 Å². The first-order valence-corrected chi connectivity index (χ1v) is 9.19. The predicted molar refractivity (Wildman–Crippen MR) is 106 cm³/mol. The second-order valence-electron chi connectivity index (χ2n) is 5.13. The SMILES string of the molecule is CCNC(=NCCNS(=O)(=O)c1cccnc1)NC1CC=CC1.I. The first-order valence-electron chi connectivity index (χ1n) is 7.71. The van der Waals surface area contributed by atoms with E-state index in [0.29, 0.717) is 18.5 Å². The number of rotatable bonds is 7. The average molecular weight is 465 g/mol. The Hall–Kier alpha value is -1.20. The molecule has 1 aromatic rings. The molecule has 7 nitrogen and oxygen atoms in total. The summed E-state index contributed by atoms with van der Waals surface area (Å²) >= 11 is 0. The van der Waals surface area contributed by atoms with Crippen LogP contribution in [0.2, 0.25) is 0 Å². The second kappa shape index (κ2) is 10.6. The van der Waals surface area contributed by atoms with Gasteiger partial charge in [-0.2, -0.15) is 0 Å². The Bertz CT molecular complexity index is 641. The van der Waals surface area contributed by atoms with E-state index in [4.69, 9.17) is 0 Å². The number of guanidine groups is 1. The van der Waals surface area contributed by atoms with E-state index < -0.39 is 10.0 Å². The van der Waals surface area contributed by atoms with Crippen LogP contribution in [0.4, 0.5) is 0 Å². The first kappa shape index (κ1) is 20.8. The highest BCUT2D eigenvalue weighted by molar-refractivity contribution is 14.0. The molecule has 3 N–H and O–H groups in total. The predicted octanol–water partition coefficient (Wildman–Crippen LogP) is 1.25. The fourth-order valence-electron chi connectivity index (χ4n) is 2.19. The molecule has 0 amide bonds. The minimum atomic E-state index is -3.53. The van der Waals surface area contributed by atoms with Crippen molar-refractivity contribution >= 4 is 40.0 Å². The maximum Gasteiger partial charge on any atom is 0.242 e. The van der Waals surface area contributed by atoms with Gasteiger partial charge in [0.15, 0.2) is 5.96 Å². The van der Waals surface area contributed by atoms with E-state index in [9.17, 15) is 8.42 Å². The Morgan fingerprint density at radius 1 is 1.38 bits per heavy atom. The minimum absolute atomic E-state index is 0. The summed E-state index contributed by atoms with van der Waals surface area (Å²) < 4.78 is 26.6. The van der Waals surface area contributed by atoms with Crippen LogP contribution in [0.25, 0.3) is 0 Å². The summed E-state index contributed by atoms with van der Waals surface area (Å²) in [6.45, 7) is 3.34. The van der Waals surface area contributed by atoms with Crippen LogP contribution in [0.1, 0.15) is 19.8 Å². The summed E-state index contributed by atoms with van der Waals surface area (Å²) in [6, 6.07) is 3.47. The molecule has 0 aliphatic heterocycles. The van der Waals surface area contributed by atoms with E-state index in [1.807, 2.05) is 6.92 Å². The molecule has 0 radical (unpaired) electrons. The molecule has 24 heavy (non-hydrogen) atoms. The van der Waals surface area contributed by atoms with Gasteiger partial charge >= 0.3 is 0 Å². The largest absolute Gasteiger partial charge is 0.357 e. The third-order valence-corrected chi connectivity index (χ3v) is 4.76. The lowest BCUT2D eigenvalue weighted by molar-refractivity contribution is 0.581. The van der Waals surface area contributed by atoms with Crippen LogP contribution < -0.4 is 15.4 Å². The molecule has 0 atom stereocenters. The zero-order chi connectivity index (χ0) is 16.5. The van der Waals surface area contributed by atoms with Crippen molar-refractivity contribution in [3.63, 3.8) is 0 Å². The molecule has 0 spiro atoms. The number of hydrogen-bond acceptors (Lipinski definition) is 4. The lowest BCUT2D eigenvalue weighted by Crippen LogP contribution is -2.42. The van der Waals surface area contributed by atoms with Crippen LogP contribution in [0.15, 0.2) is 46.6 Å². The average Bonchev–Trinajstić information content (AvgIpc) is 3.05. The van der Waals surface area contributed by atoms with Crippen molar-refractivity contribution in [2.75, 3.05) is 19.6 Å². The second-order valence-corrected chi connectivity index (χ2v) is 6.90. The number of sulfonamides is 1. The Kier molecular flexibility index (Phi) is 9.22. The fraction of sp³-hybridized carbons (Fsp3) is 0.467. The molecule has 1 aliphatic carbocycles. The van der Waals surface area contributed by atoms with Crippen LogP contribution in [-0.2, 0) is 10.0 Å². The van der Waals surface area contributed by atoms with Crippen molar-refractivity contribution in [2.45, 2.75) is 30.7 Å². The van der Waals surface area contributed by atoms with E-state index in [2.05, 4.69) is 37.5 Å². The Balaban J connectivity index is 0.00000288. The highest BCUT2D eigenvalue weighted by Crippen LogP contribution is 2.08. The van der Waals surface area contributed by atoms with E-state index in [1.54, 1.807) is 6.07 Å². The number of pyridine rings is 1. The van der Waals surface area contributed by atoms with Crippen molar-refractivity contribution in [1.82, 2.24) is 20.3 Å². The monoisotopic (exact) mass is 465 g/mol. The highest BCUT2D eigenvalue weighted by atomic mass is 127. The van der Waals surface area contributed by atoms with E-state index in [0.717, 1.165) is 19.4 Å². The van der Waals surface area contributed by atoms with Crippen LogP contribution in [0.5, 0.6) is 0 Å². The van der Waals surface area contributed by atoms with Gasteiger partial charge in [-0.25, -0.2) is 13.1 Å². The molecule has 0 aromatic carbocycles. The molecule has 0 bridgehead atoms. The maximum atomic E-state index is 12.0. The summed E-state index contributed by atoms with van der Waals surface area (Å²) in [5.41, 5.74) is 0. The van der Waals surface area contributed by atoms with Crippen molar-refractivity contribution in [3.05, 3.63) is 36.7 Å². The molecule has 0 saturated heterocycles. The zero-order valence-electron chi connectivity index (χ0n) is 13.6. The standard InChI is InChI=1S/C15H23N5O2S.HI/c1-2-17-15(20-13-6-3-4-7-13)18-10-11-19-23(21,22)14-8-5-9-16-12-14;/h3-5,8-9,12-13,19H,2,6-7,10-11H2,1H3,(H2,17,18,20);1H. The number of hydrogen-bond donors (Lipinski definition) is 3. The third kappa shape index (κ3) is 6.73. The number of aliphatic imine (C=N–C) groups is 1. The lowest BCUT2D eigenvalue weighted by Gasteiger charge is -2.16. The normalized spacial score (nSPS) is 15.1. The summed E-state index contributed by atoms with van der Waals surface area (Å²) in [5, 5.41) is 6.50. The summed E-state index contributed by atoms with van der Waals surface area (Å²) in [6.07, 6.45) is 9.11. The van der Waals surface area contributed by atoms with Gasteiger partial charge in [0.1, 0.15) is 4.90 Å². The van der Waals surface area contributed by atoms with Gasteiger partial charge in [0.05, 0.1) is 6.54 Å². The van der Waals surface area contributed by atoms with E-state index in [-0.39, 0.29) is 35.4 Å². The molecule has 0 fully saturated rings. The summed E-state index contributed by atoms with van der Waals surface area (Å²) in [4.78, 5) is 8.37. The number of nitrogens with one attached hydrogen (secondary N) is 3.